The molecule has 2 amide bonds. The molecule has 1 heterocycles. The fourth-order valence-electron chi connectivity index (χ4n) is 1.84. The first-order valence-electron chi connectivity index (χ1n) is 6.46. The Morgan fingerprint density at radius 2 is 2.14 bits per heavy atom. The second-order valence-electron chi connectivity index (χ2n) is 4.56. The van der Waals surface area contributed by atoms with Crippen molar-refractivity contribution in [3.63, 3.8) is 0 Å². The summed E-state index contributed by atoms with van der Waals surface area (Å²) in [7, 11) is 0. The van der Waals surface area contributed by atoms with Crippen LogP contribution in [0.25, 0.3) is 0 Å². The van der Waals surface area contributed by atoms with Gasteiger partial charge >= 0.3 is 6.03 Å². The summed E-state index contributed by atoms with van der Waals surface area (Å²) in [6.07, 6.45) is 0.757. The van der Waals surface area contributed by atoms with Gasteiger partial charge in [-0.3, -0.25) is 4.98 Å². The van der Waals surface area contributed by atoms with Gasteiger partial charge in [0.25, 0.3) is 0 Å². The second kappa shape index (κ2) is 7.06. The molecule has 21 heavy (non-hydrogen) atoms. The molecule has 0 fully saturated rings. The summed E-state index contributed by atoms with van der Waals surface area (Å²) in [5.41, 5.74) is 2.04. The van der Waals surface area contributed by atoms with Crippen LogP contribution in [0.15, 0.2) is 42.6 Å². The van der Waals surface area contributed by atoms with Gasteiger partial charge in [-0.2, -0.15) is 0 Å². The molecule has 0 bridgehead atoms. The Morgan fingerprint density at radius 1 is 1.38 bits per heavy atom. The predicted octanol–water partition coefficient (Wildman–Crippen LogP) is 2.90. The van der Waals surface area contributed by atoms with Crippen molar-refractivity contribution in [2.75, 3.05) is 11.9 Å². The van der Waals surface area contributed by atoms with Crippen LogP contribution in [0.3, 0.4) is 0 Å². The molecule has 0 saturated carbocycles. The highest BCUT2D eigenvalue weighted by Gasteiger charge is 2.12. The van der Waals surface area contributed by atoms with Gasteiger partial charge < -0.3 is 15.7 Å². The third-order valence-electron chi connectivity index (χ3n) is 2.87. The Labute approximate surface area is 128 Å². The van der Waals surface area contributed by atoms with E-state index in [-0.39, 0.29) is 6.54 Å². The number of amides is 2. The zero-order chi connectivity index (χ0) is 15.2. The lowest BCUT2D eigenvalue weighted by molar-refractivity contribution is 0.175. The zero-order valence-corrected chi connectivity index (χ0v) is 12.3. The minimum atomic E-state index is -0.858. The third kappa shape index (κ3) is 4.44. The van der Waals surface area contributed by atoms with E-state index in [2.05, 4.69) is 15.6 Å². The molecule has 1 atom stereocenters. The van der Waals surface area contributed by atoms with Crippen molar-refractivity contribution in [3.05, 3.63) is 58.9 Å². The molecule has 3 N–H and O–H groups in total. The number of nitrogens with one attached hydrogen (secondary N) is 2. The van der Waals surface area contributed by atoms with E-state index in [4.69, 9.17) is 11.6 Å². The second-order valence-corrected chi connectivity index (χ2v) is 4.97. The number of anilines is 1. The first-order valence-corrected chi connectivity index (χ1v) is 6.84. The number of carbonyl (C=O) groups excluding carboxylic acids is 1. The van der Waals surface area contributed by atoms with Gasteiger partial charge in [0.05, 0.1) is 6.10 Å². The molecule has 2 rings (SSSR count). The summed E-state index contributed by atoms with van der Waals surface area (Å²) < 4.78 is 0. The molecule has 0 saturated heterocycles. The number of aliphatic hydroxyl groups is 1. The largest absolute Gasteiger partial charge is 0.387 e. The first kappa shape index (κ1) is 15.3. The minimum Gasteiger partial charge on any atom is -0.387 e. The lowest BCUT2D eigenvalue weighted by atomic mass is 10.1. The molecular weight excluding hydrogens is 290 g/mol. The van der Waals surface area contributed by atoms with Crippen LogP contribution >= 0.6 is 11.6 Å². The van der Waals surface area contributed by atoms with E-state index in [9.17, 15) is 9.90 Å². The molecule has 1 aromatic carbocycles. The Bertz CT molecular complexity index is 634. The summed E-state index contributed by atoms with van der Waals surface area (Å²) >= 11 is 5.99. The van der Waals surface area contributed by atoms with Crippen LogP contribution in [0.4, 0.5) is 10.5 Å². The van der Waals surface area contributed by atoms with Crippen LogP contribution in [0, 0.1) is 6.92 Å². The van der Waals surface area contributed by atoms with Gasteiger partial charge in [-0.1, -0.05) is 29.8 Å². The molecule has 0 aliphatic heterocycles. The number of halogens is 1. The van der Waals surface area contributed by atoms with E-state index in [0.717, 1.165) is 5.69 Å². The third-order valence-corrected chi connectivity index (χ3v) is 3.22. The molecule has 0 radical (unpaired) electrons. The maximum absolute atomic E-state index is 11.8. The van der Waals surface area contributed by atoms with Crippen molar-refractivity contribution >= 4 is 23.3 Å². The smallest absolute Gasteiger partial charge is 0.319 e. The van der Waals surface area contributed by atoms with Crippen molar-refractivity contribution in [3.8, 4) is 0 Å². The minimum absolute atomic E-state index is 0.0691. The Morgan fingerprint density at radius 3 is 2.86 bits per heavy atom. The van der Waals surface area contributed by atoms with E-state index in [1.165, 1.54) is 0 Å². The number of benzene rings is 1. The quantitative estimate of drug-likeness (QED) is 0.813. The van der Waals surface area contributed by atoms with Crippen molar-refractivity contribution in [2.45, 2.75) is 13.0 Å². The van der Waals surface area contributed by atoms with E-state index in [1.54, 1.807) is 42.6 Å². The van der Waals surface area contributed by atoms with Crippen LogP contribution in [0.1, 0.15) is 17.4 Å². The monoisotopic (exact) mass is 305 g/mol. The van der Waals surface area contributed by atoms with Gasteiger partial charge in [0.2, 0.25) is 0 Å². The maximum Gasteiger partial charge on any atom is 0.319 e. The number of rotatable bonds is 4. The summed E-state index contributed by atoms with van der Waals surface area (Å²) in [6, 6.07) is 10.0. The molecule has 0 aliphatic rings. The molecule has 6 heteroatoms. The van der Waals surface area contributed by atoms with E-state index < -0.39 is 12.1 Å². The van der Waals surface area contributed by atoms with Crippen LogP contribution in [-0.4, -0.2) is 22.7 Å². The first-order chi connectivity index (χ1) is 10.1. The highest BCUT2D eigenvalue weighted by atomic mass is 35.5. The Balaban J connectivity index is 1.88. The SMILES string of the molecule is Cc1cc(NC(=O)NCC(O)c2ccccc2Cl)ccn1. The van der Waals surface area contributed by atoms with E-state index >= 15 is 0 Å². The number of hydrogen-bond acceptors (Lipinski definition) is 3. The fraction of sp³-hybridized carbons (Fsp3) is 0.200. The number of pyridine rings is 1. The molecule has 0 spiro atoms. The van der Waals surface area contributed by atoms with Gasteiger partial charge in [0.1, 0.15) is 0 Å². The normalized spacial score (nSPS) is 11.8. The highest BCUT2D eigenvalue weighted by Crippen LogP contribution is 2.21. The summed E-state index contributed by atoms with van der Waals surface area (Å²) in [4.78, 5) is 15.8. The molecule has 2 aromatic rings. The Hall–Kier alpha value is -2.11. The lowest BCUT2D eigenvalue weighted by Gasteiger charge is -2.14. The van der Waals surface area contributed by atoms with Gasteiger partial charge in [-0.15, -0.1) is 0 Å². The standard InChI is InChI=1S/C15H16ClN3O2/c1-10-8-11(6-7-17-10)19-15(21)18-9-14(20)12-4-2-3-5-13(12)16/h2-8,14,20H,9H2,1H3,(H2,17,18,19,21). The summed E-state index contributed by atoms with van der Waals surface area (Å²) in [5, 5.41) is 15.8. The van der Waals surface area contributed by atoms with Crippen LogP contribution in [-0.2, 0) is 0 Å². The average molecular weight is 306 g/mol. The molecule has 1 aromatic heterocycles. The van der Waals surface area contributed by atoms with Crippen molar-refractivity contribution in [1.82, 2.24) is 10.3 Å². The van der Waals surface area contributed by atoms with Crippen LogP contribution in [0.5, 0.6) is 0 Å². The summed E-state index contributed by atoms with van der Waals surface area (Å²) in [6.45, 7) is 1.91. The maximum atomic E-state index is 11.8. The van der Waals surface area contributed by atoms with Crippen molar-refractivity contribution in [2.24, 2.45) is 0 Å². The molecule has 5 nitrogen and oxygen atoms in total. The van der Waals surface area contributed by atoms with Gasteiger partial charge in [-0.25, -0.2) is 4.79 Å². The Kier molecular flexibility index (Phi) is 5.14. The number of urea groups is 1. The van der Waals surface area contributed by atoms with Crippen LogP contribution < -0.4 is 10.6 Å². The summed E-state index contributed by atoms with van der Waals surface area (Å²) in [5.74, 6) is 0. The van der Waals surface area contributed by atoms with Gasteiger partial charge in [0.15, 0.2) is 0 Å². The number of carbonyl (C=O) groups is 1. The molecular formula is C15H16ClN3O2. The topological polar surface area (TPSA) is 74.2 Å². The van der Waals surface area contributed by atoms with Crippen molar-refractivity contribution < 1.29 is 9.90 Å². The number of aromatic nitrogens is 1. The number of nitrogens with zero attached hydrogens (tertiary/aromatic N) is 1. The molecule has 0 aliphatic carbocycles. The lowest BCUT2D eigenvalue weighted by Crippen LogP contribution is -2.32. The van der Waals surface area contributed by atoms with Gasteiger partial charge in [-0.05, 0) is 25.1 Å². The van der Waals surface area contributed by atoms with E-state index in [1.807, 2.05) is 6.92 Å². The van der Waals surface area contributed by atoms with Crippen LogP contribution in [0.2, 0.25) is 5.02 Å². The van der Waals surface area contributed by atoms with E-state index in [0.29, 0.717) is 16.3 Å². The number of aliphatic hydroxyl groups excluding tert-OH is 1. The molecule has 1 unspecified atom stereocenters. The molecule has 110 valence electrons. The zero-order valence-electron chi connectivity index (χ0n) is 11.5. The van der Waals surface area contributed by atoms with Gasteiger partial charge in [0, 0.05) is 34.7 Å². The highest BCUT2D eigenvalue weighted by molar-refractivity contribution is 6.31. The van der Waals surface area contributed by atoms with Crippen molar-refractivity contribution in [1.29, 1.82) is 0 Å². The fourth-order valence-corrected chi connectivity index (χ4v) is 2.10. The predicted molar refractivity (Wildman–Crippen MR) is 82.4 cm³/mol. The number of hydrogen-bond donors (Lipinski definition) is 3. The number of aryl methyl sites for hydroxylation is 1. The average Bonchev–Trinajstić information content (AvgIpc) is 2.45.